The summed E-state index contributed by atoms with van der Waals surface area (Å²) in [5.41, 5.74) is 2.27. The summed E-state index contributed by atoms with van der Waals surface area (Å²) in [5, 5.41) is 0.691. The maximum absolute atomic E-state index is 11.7. The molecule has 0 aliphatic carbocycles. The molecular formula is C18H22N2O2S2. The first kappa shape index (κ1) is 18.4. The van der Waals surface area contributed by atoms with Crippen LogP contribution in [0.1, 0.15) is 26.3 Å². The normalized spacial score (nSPS) is 12.5. The van der Waals surface area contributed by atoms with Gasteiger partial charge in [-0.25, -0.2) is 4.79 Å². The number of aromatic amines is 1. The predicted molar refractivity (Wildman–Crippen MR) is 103 cm³/mol. The highest BCUT2D eigenvalue weighted by Gasteiger charge is 2.01. The Morgan fingerprint density at radius 2 is 1.92 bits per heavy atom. The highest BCUT2D eigenvalue weighted by molar-refractivity contribution is 7.73. The van der Waals surface area contributed by atoms with Gasteiger partial charge in [0, 0.05) is 24.9 Å². The standard InChI is InChI=1S/C18H22N2O2S2/c1-4-20(5-2)14-9-7-13(8-10-14)11-16-15(19-18(23)24-16)12-17(21)22-6-3/h7-12H,4-6H2,1-3H3,(H,19,23)/b15-12-,16-11-. The number of hydrogen-bond donors (Lipinski definition) is 1. The van der Waals surface area contributed by atoms with Crippen molar-refractivity contribution in [2.45, 2.75) is 20.8 Å². The summed E-state index contributed by atoms with van der Waals surface area (Å²) in [6.07, 6.45) is 3.47. The van der Waals surface area contributed by atoms with Crippen LogP contribution in [0.25, 0.3) is 12.2 Å². The Bertz CT molecular complexity index is 846. The third-order valence-corrected chi connectivity index (χ3v) is 4.77. The number of carbonyl (C=O) groups is 1. The molecule has 0 aliphatic heterocycles. The van der Waals surface area contributed by atoms with E-state index in [4.69, 9.17) is 17.0 Å². The van der Waals surface area contributed by atoms with Crippen LogP contribution in [0.3, 0.4) is 0 Å². The molecule has 0 fully saturated rings. The predicted octanol–water partition coefficient (Wildman–Crippen LogP) is 2.82. The highest BCUT2D eigenvalue weighted by Crippen LogP contribution is 2.15. The molecule has 0 aliphatic rings. The van der Waals surface area contributed by atoms with Gasteiger partial charge in [0.15, 0.2) is 3.95 Å². The van der Waals surface area contributed by atoms with Crippen molar-refractivity contribution in [3.63, 3.8) is 0 Å². The molecule has 24 heavy (non-hydrogen) atoms. The smallest absolute Gasteiger partial charge is 0.332 e. The van der Waals surface area contributed by atoms with Crippen LogP contribution in [0.2, 0.25) is 0 Å². The average Bonchev–Trinajstić information content (AvgIpc) is 2.89. The number of esters is 1. The highest BCUT2D eigenvalue weighted by atomic mass is 32.1. The summed E-state index contributed by atoms with van der Waals surface area (Å²) in [7, 11) is 0. The van der Waals surface area contributed by atoms with Gasteiger partial charge in [0.05, 0.1) is 16.5 Å². The zero-order chi connectivity index (χ0) is 17.5. The van der Waals surface area contributed by atoms with E-state index in [1.807, 2.05) is 6.08 Å². The fraction of sp³-hybridized carbons (Fsp3) is 0.333. The summed E-state index contributed by atoms with van der Waals surface area (Å²) in [6.45, 7) is 8.40. The first-order valence-electron chi connectivity index (χ1n) is 8.01. The zero-order valence-electron chi connectivity index (χ0n) is 14.2. The SMILES string of the molecule is CCOC(=O)/C=c1\[nH]c(=S)s\c1=C/c1ccc(N(CC)CC)cc1. The Labute approximate surface area is 151 Å². The van der Waals surface area contributed by atoms with Crippen LogP contribution in [0, 0.1) is 3.95 Å². The molecule has 1 heterocycles. The molecule has 1 N–H and O–H groups in total. The van der Waals surface area contributed by atoms with Crippen LogP contribution in [0.4, 0.5) is 5.69 Å². The number of carbonyl (C=O) groups excluding carboxylic acids is 1. The molecule has 4 nitrogen and oxygen atoms in total. The maximum atomic E-state index is 11.7. The van der Waals surface area contributed by atoms with Crippen molar-refractivity contribution in [2.24, 2.45) is 0 Å². The molecule has 0 atom stereocenters. The number of anilines is 1. The number of nitrogens with zero attached hydrogens (tertiary/aromatic N) is 1. The molecule has 1 aromatic carbocycles. The lowest BCUT2D eigenvalue weighted by Gasteiger charge is -2.20. The van der Waals surface area contributed by atoms with Gasteiger partial charge < -0.3 is 14.6 Å². The van der Waals surface area contributed by atoms with Gasteiger partial charge in [-0.2, -0.15) is 0 Å². The first-order chi connectivity index (χ1) is 11.6. The van der Waals surface area contributed by atoms with Gasteiger partial charge >= 0.3 is 5.97 Å². The largest absolute Gasteiger partial charge is 0.463 e. The van der Waals surface area contributed by atoms with Crippen LogP contribution in [0.5, 0.6) is 0 Å². The van der Waals surface area contributed by atoms with E-state index < -0.39 is 0 Å². The number of H-pyrrole nitrogens is 1. The lowest BCUT2D eigenvalue weighted by molar-refractivity contribution is -0.135. The van der Waals surface area contributed by atoms with E-state index in [-0.39, 0.29) is 5.97 Å². The number of nitrogens with one attached hydrogen (secondary N) is 1. The Balaban J connectivity index is 2.38. The van der Waals surface area contributed by atoms with Crippen molar-refractivity contribution in [2.75, 3.05) is 24.6 Å². The number of ether oxygens (including phenoxy) is 1. The number of hydrogen-bond acceptors (Lipinski definition) is 5. The third-order valence-electron chi connectivity index (χ3n) is 3.57. The van der Waals surface area contributed by atoms with Gasteiger partial charge in [-0.15, -0.1) is 11.3 Å². The minimum absolute atomic E-state index is 0.353. The molecule has 2 rings (SSSR count). The van der Waals surface area contributed by atoms with Crippen molar-refractivity contribution in [1.82, 2.24) is 4.98 Å². The Morgan fingerprint density at radius 3 is 2.50 bits per heavy atom. The molecule has 128 valence electrons. The molecule has 2 aromatic rings. The number of benzene rings is 1. The Morgan fingerprint density at radius 1 is 1.25 bits per heavy atom. The van der Waals surface area contributed by atoms with Crippen LogP contribution < -0.4 is 14.8 Å². The second kappa shape index (κ2) is 8.80. The summed E-state index contributed by atoms with van der Waals surface area (Å²) in [5.74, 6) is -0.368. The quantitative estimate of drug-likeness (QED) is 0.634. The van der Waals surface area contributed by atoms with E-state index in [9.17, 15) is 4.79 Å². The second-order valence-electron chi connectivity index (χ2n) is 5.10. The average molecular weight is 363 g/mol. The van der Waals surface area contributed by atoms with Crippen LogP contribution in [0.15, 0.2) is 24.3 Å². The van der Waals surface area contributed by atoms with E-state index in [0.29, 0.717) is 15.9 Å². The minimum Gasteiger partial charge on any atom is -0.463 e. The first-order valence-corrected chi connectivity index (χ1v) is 9.24. The monoisotopic (exact) mass is 362 g/mol. The molecular weight excluding hydrogens is 340 g/mol. The van der Waals surface area contributed by atoms with Crippen molar-refractivity contribution >= 4 is 47.4 Å². The fourth-order valence-electron chi connectivity index (χ4n) is 2.39. The summed E-state index contributed by atoms with van der Waals surface area (Å²) >= 11 is 6.65. The molecule has 0 saturated heterocycles. The summed E-state index contributed by atoms with van der Waals surface area (Å²) in [4.78, 5) is 17.0. The maximum Gasteiger partial charge on any atom is 0.332 e. The zero-order valence-corrected chi connectivity index (χ0v) is 15.8. The third kappa shape index (κ3) is 4.79. The fourth-order valence-corrected chi connectivity index (χ4v) is 3.54. The molecule has 0 bridgehead atoms. The molecule has 0 saturated carbocycles. The Kier molecular flexibility index (Phi) is 6.75. The van der Waals surface area contributed by atoms with Crippen LogP contribution in [-0.2, 0) is 9.53 Å². The molecule has 1 aromatic heterocycles. The van der Waals surface area contributed by atoms with Crippen molar-refractivity contribution in [3.8, 4) is 0 Å². The topological polar surface area (TPSA) is 45.3 Å². The number of thiazole rings is 1. The van der Waals surface area contributed by atoms with Crippen LogP contribution in [-0.4, -0.2) is 30.6 Å². The van der Waals surface area contributed by atoms with E-state index >= 15 is 0 Å². The second-order valence-corrected chi connectivity index (χ2v) is 6.82. The molecule has 0 radical (unpaired) electrons. The van der Waals surface area contributed by atoms with Crippen molar-refractivity contribution in [1.29, 1.82) is 0 Å². The van der Waals surface area contributed by atoms with Crippen LogP contribution >= 0.6 is 23.6 Å². The molecule has 0 unspecified atom stereocenters. The number of rotatable bonds is 6. The van der Waals surface area contributed by atoms with Gasteiger partial charge in [-0.3, -0.25) is 0 Å². The lowest BCUT2D eigenvalue weighted by Crippen LogP contribution is -2.23. The van der Waals surface area contributed by atoms with Gasteiger partial charge in [-0.05, 0) is 56.8 Å². The molecule has 6 heteroatoms. The minimum atomic E-state index is -0.368. The van der Waals surface area contributed by atoms with E-state index in [2.05, 4.69) is 48.0 Å². The Hall–Kier alpha value is -1.92. The van der Waals surface area contributed by atoms with E-state index in [1.165, 1.54) is 23.1 Å². The number of aromatic nitrogens is 1. The van der Waals surface area contributed by atoms with Gasteiger partial charge in [0.2, 0.25) is 0 Å². The van der Waals surface area contributed by atoms with Crippen molar-refractivity contribution < 1.29 is 9.53 Å². The summed E-state index contributed by atoms with van der Waals surface area (Å²) in [6, 6.07) is 8.37. The summed E-state index contributed by atoms with van der Waals surface area (Å²) < 4.78 is 6.52. The van der Waals surface area contributed by atoms with E-state index in [0.717, 1.165) is 23.2 Å². The van der Waals surface area contributed by atoms with Gasteiger partial charge in [0.25, 0.3) is 0 Å². The molecule has 0 spiro atoms. The van der Waals surface area contributed by atoms with Gasteiger partial charge in [-0.1, -0.05) is 12.1 Å². The lowest BCUT2D eigenvalue weighted by atomic mass is 10.2. The van der Waals surface area contributed by atoms with E-state index in [1.54, 1.807) is 6.92 Å². The molecule has 0 amide bonds. The van der Waals surface area contributed by atoms with Gasteiger partial charge in [0.1, 0.15) is 0 Å². The van der Waals surface area contributed by atoms with Crippen molar-refractivity contribution in [3.05, 3.63) is 43.7 Å².